The van der Waals surface area contributed by atoms with E-state index in [9.17, 15) is 10.1 Å². The molecule has 9 heteroatoms. The van der Waals surface area contributed by atoms with Crippen LogP contribution in [0.4, 0.5) is 17.3 Å². The fraction of sp³-hybridized carbons (Fsp3) is 0.556. The van der Waals surface area contributed by atoms with Gasteiger partial charge in [0.2, 0.25) is 11.6 Å². The van der Waals surface area contributed by atoms with Crippen LogP contribution in [0.2, 0.25) is 0 Å². The molecule has 1 aromatic heterocycles. The molecule has 0 saturated carbocycles. The first-order valence-corrected chi connectivity index (χ1v) is 5.31. The Balaban J connectivity index is 2.90. The first-order valence-electron chi connectivity index (χ1n) is 5.31. The lowest BCUT2D eigenvalue weighted by atomic mass is 10.2. The Labute approximate surface area is 104 Å². The Morgan fingerprint density at radius 3 is 2.78 bits per heavy atom. The fourth-order valence-corrected chi connectivity index (χ4v) is 1.36. The molecule has 0 radical (unpaired) electrons. The zero-order chi connectivity index (χ0) is 13.5. The molecule has 0 aliphatic carbocycles. The molecule has 0 aliphatic heterocycles. The second kappa shape index (κ2) is 6.67. The van der Waals surface area contributed by atoms with Crippen molar-refractivity contribution in [3.05, 3.63) is 16.4 Å². The van der Waals surface area contributed by atoms with Gasteiger partial charge in [-0.05, 0) is 13.3 Å². The van der Waals surface area contributed by atoms with Gasteiger partial charge in [0.1, 0.15) is 6.33 Å². The number of hydrogen-bond acceptors (Lipinski definition) is 8. The molecule has 0 saturated heterocycles. The molecule has 1 heterocycles. The van der Waals surface area contributed by atoms with E-state index < -0.39 is 4.92 Å². The first kappa shape index (κ1) is 14.1. The predicted molar refractivity (Wildman–Crippen MR) is 66.1 cm³/mol. The van der Waals surface area contributed by atoms with E-state index in [2.05, 4.69) is 20.7 Å². The molecular formula is C9H16N6O3. The van der Waals surface area contributed by atoms with Crippen LogP contribution >= 0.6 is 0 Å². The van der Waals surface area contributed by atoms with E-state index in [1.165, 1.54) is 6.33 Å². The van der Waals surface area contributed by atoms with Crippen molar-refractivity contribution in [3.63, 3.8) is 0 Å². The number of ether oxygens (including phenoxy) is 1. The third-order valence-corrected chi connectivity index (χ3v) is 2.28. The largest absolute Gasteiger partial charge is 0.385 e. The van der Waals surface area contributed by atoms with Crippen LogP contribution in [0.25, 0.3) is 0 Å². The number of rotatable bonds is 7. The van der Waals surface area contributed by atoms with Gasteiger partial charge in [-0.1, -0.05) is 0 Å². The number of methoxy groups -OCH3 is 1. The summed E-state index contributed by atoms with van der Waals surface area (Å²) in [5.41, 5.74) is 1.90. The van der Waals surface area contributed by atoms with Crippen molar-refractivity contribution in [1.82, 2.24) is 9.97 Å². The average molecular weight is 256 g/mol. The summed E-state index contributed by atoms with van der Waals surface area (Å²) in [6.45, 7) is 2.43. The normalized spacial score (nSPS) is 11.9. The fourth-order valence-electron chi connectivity index (χ4n) is 1.36. The number of nitrogen functional groups attached to an aromatic ring is 1. The minimum absolute atomic E-state index is 0.0239. The molecule has 1 aromatic rings. The summed E-state index contributed by atoms with van der Waals surface area (Å²) in [6.07, 6.45) is 1.90. The number of nitro groups is 1. The predicted octanol–water partition coefficient (Wildman–Crippen LogP) is 0.507. The highest BCUT2D eigenvalue weighted by molar-refractivity contribution is 5.68. The summed E-state index contributed by atoms with van der Waals surface area (Å²) in [5, 5.41) is 13.9. The third kappa shape index (κ3) is 3.50. The molecule has 0 aromatic carbocycles. The number of aromatic nitrogens is 2. The molecule has 100 valence electrons. The number of nitrogens with one attached hydrogen (secondary N) is 2. The number of hydrazine groups is 1. The van der Waals surface area contributed by atoms with E-state index >= 15 is 0 Å². The molecule has 18 heavy (non-hydrogen) atoms. The third-order valence-electron chi connectivity index (χ3n) is 2.28. The van der Waals surface area contributed by atoms with Crippen molar-refractivity contribution < 1.29 is 9.66 Å². The Bertz CT molecular complexity index is 413. The summed E-state index contributed by atoms with van der Waals surface area (Å²) < 4.78 is 4.93. The van der Waals surface area contributed by atoms with Gasteiger partial charge < -0.3 is 15.5 Å². The molecular weight excluding hydrogens is 240 g/mol. The highest BCUT2D eigenvalue weighted by atomic mass is 16.6. The van der Waals surface area contributed by atoms with E-state index in [-0.39, 0.29) is 23.4 Å². The Kier molecular flexibility index (Phi) is 5.21. The summed E-state index contributed by atoms with van der Waals surface area (Å²) in [5.74, 6) is 5.28. The van der Waals surface area contributed by atoms with E-state index in [1.807, 2.05) is 6.92 Å². The second-order valence-corrected chi connectivity index (χ2v) is 3.65. The molecule has 9 nitrogen and oxygen atoms in total. The monoisotopic (exact) mass is 256 g/mol. The topological polar surface area (TPSA) is 128 Å². The van der Waals surface area contributed by atoms with Gasteiger partial charge in [0, 0.05) is 19.8 Å². The second-order valence-electron chi connectivity index (χ2n) is 3.65. The van der Waals surface area contributed by atoms with E-state index in [0.717, 1.165) is 0 Å². The molecule has 1 rings (SSSR count). The van der Waals surface area contributed by atoms with Gasteiger partial charge in [-0.2, -0.15) is 0 Å². The SMILES string of the molecule is COCCC(C)Nc1ncnc(NN)c1[N+](=O)[O-]. The lowest BCUT2D eigenvalue weighted by molar-refractivity contribution is -0.383. The lowest BCUT2D eigenvalue weighted by Crippen LogP contribution is -2.20. The van der Waals surface area contributed by atoms with Crippen molar-refractivity contribution in [2.45, 2.75) is 19.4 Å². The van der Waals surface area contributed by atoms with Gasteiger partial charge in [-0.15, -0.1) is 0 Å². The Morgan fingerprint density at radius 1 is 1.56 bits per heavy atom. The number of hydrogen-bond donors (Lipinski definition) is 3. The molecule has 0 aliphatic rings. The smallest absolute Gasteiger partial charge is 0.354 e. The van der Waals surface area contributed by atoms with Crippen LogP contribution in [0.3, 0.4) is 0 Å². The Hall–Kier alpha value is -2.00. The maximum absolute atomic E-state index is 11.0. The summed E-state index contributed by atoms with van der Waals surface area (Å²) in [7, 11) is 1.59. The molecule has 0 fully saturated rings. The van der Waals surface area contributed by atoms with Gasteiger partial charge in [0.05, 0.1) is 4.92 Å². The first-order chi connectivity index (χ1) is 8.60. The van der Waals surface area contributed by atoms with Crippen molar-refractivity contribution in [2.75, 3.05) is 24.5 Å². The standard InChI is InChI=1S/C9H16N6O3/c1-6(3-4-18-2)13-8-7(15(16)17)9(14-10)12-5-11-8/h5-6H,3-4,10H2,1-2H3,(H2,11,12,13,14). The number of nitrogens with two attached hydrogens (primary N) is 1. The minimum atomic E-state index is -0.583. The minimum Gasteiger partial charge on any atom is -0.385 e. The van der Waals surface area contributed by atoms with Crippen LogP contribution in [-0.4, -0.2) is 34.6 Å². The molecule has 0 spiro atoms. The average Bonchev–Trinajstić information content (AvgIpc) is 2.35. The number of nitrogens with zero attached hydrogens (tertiary/aromatic N) is 3. The van der Waals surface area contributed by atoms with E-state index in [1.54, 1.807) is 7.11 Å². The zero-order valence-corrected chi connectivity index (χ0v) is 10.2. The van der Waals surface area contributed by atoms with Crippen molar-refractivity contribution in [1.29, 1.82) is 0 Å². The quantitative estimate of drug-likeness (QED) is 0.365. The van der Waals surface area contributed by atoms with Crippen LogP contribution in [0, 0.1) is 10.1 Å². The highest BCUT2D eigenvalue weighted by Gasteiger charge is 2.23. The lowest BCUT2D eigenvalue weighted by Gasteiger charge is -2.14. The van der Waals surface area contributed by atoms with Crippen molar-refractivity contribution >= 4 is 17.3 Å². The molecule has 1 unspecified atom stereocenters. The summed E-state index contributed by atoms with van der Waals surface area (Å²) in [4.78, 5) is 17.9. The molecule has 0 amide bonds. The molecule has 0 bridgehead atoms. The van der Waals surface area contributed by atoms with Crippen molar-refractivity contribution in [2.24, 2.45) is 5.84 Å². The van der Waals surface area contributed by atoms with E-state index in [0.29, 0.717) is 13.0 Å². The van der Waals surface area contributed by atoms with E-state index in [4.69, 9.17) is 10.6 Å². The van der Waals surface area contributed by atoms with Gasteiger partial charge in [0.15, 0.2) is 0 Å². The van der Waals surface area contributed by atoms with Crippen molar-refractivity contribution in [3.8, 4) is 0 Å². The maximum Gasteiger partial charge on any atom is 0.354 e. The Morgan fingerprint density at radius 2 is 2.22 bits per heavy atom. The van der Waals surface area contributed by atoms with Crippen LogP contribution < -0.4 is 16.6 Å². The maximum atomic E-state index is 11.0. The van der Waals surface area contributed by atoms with Crippen LogP contribution in [0.15, 0.2) is 6.33 Å². The van der Waals surface area contributed by atoms with Gasteiger partial charge in [-0.25, -0.2) is 15.8 Å². The van der Waals surface area contributed by atoms with Gasteiger partial charge >= 0.3 is 5.69 Å². The number of anilines is 2. The van der Waals surface area contributed by atoms with Gasteiger partial charge in [0.25, 0.3) is 0 Å². The van der Waals surface area contributed by atoms with Crippen LogP contribution in [0.1, 0.15) is 13.3 Å². The highest BCUT2D eigenvalue weighted by Crippen LogP contribution is 2.28. The summed E-state index contributed by atoms with van der Waals surface area (Å²) >= 11 is 0. The molecule has 4 N–H and O–H groups in total. The molecule has 1 atom stereocenters. The summed E-state index contributed by atoms with van der Waals surface area (Å²) in [6, 6.07) is -0.0239. The van der Waals surface area contributed by atoms with Crippen LogP contribution in [-0.2, 0) is 4.74 Å². The van der Waals surface area contributed by atoms with Gasteiger partial charge in [-0.3, -0.25) is 10.1 Å². The zero-order valence-electron chi connectivity index (χ0n) is 10.2. The van der Waals surface area contributed by atoms with Crippen LogP contribution in [0.5, 0.6) is 0 Å².